The minimum Gasteiger partial charge on any atom is -0.503 e. The van der Waals surface area contributed by atoms with E-state index < -0.39 is 48.1 Å². The van der Waals surface area contributed by atoms with Crippen molar-refractivity contribution in [2.75, 3.05) is 6.61 Å². The van der Waals surface area contributed by atoms with Crippen molar-refractivity contribution in [3.63, 3.8) is 0 Å². The van der Waals surface area contributed by atoms with Crippen LogP contribution in [-0.4, -0.2) is 29.0 Å². The van der Waals surface area contributed by atoms with E-state index >= 15 is 0 Å². The summed E-state index contributed by atoms with van der Waals surface area (Å²) >= 11 is 0. The highest BCUT2D eigenvalue weighted by molar-refractivity contribution is 5.72. The number of ether oxygens (including phenoxy) is 2. The summed E-state index contributed by atoms with van der Waals surface area (Å²) in [6.45, 7) is 1.50. The molecule has 1 aromatic rings. The number of nitrogens with zero attached hydrogens (tertiary/aromatic N) is 1. The predicted octanol–water partition coefficient (Wildman–Crippen LogP) is 2.73. The van der Waals surface area contributed by atoms with Crippen molar-refractivity contribution < 1.29 is 41.3 Å². The number of aromatic hydroxyl groups is 1. The molecule has 0 spiro atoms. The van der Waals surface area contributed by atoms with Gasteiger partial charge in [0, 0.05) is 0 Å². The average molecular weight is 315 g/mol. The second kappa shape index (κ2) is 6.55. The lowest BCUT2D eigenvalue weighted by Gasteiger charge is -2.13. The molecule has 10 heteroatoms. The number of hydrogen-bond acceptors (Lipinski definition) is 5. The van der Waals surface area contributed by atoms with Gasteiger partial charge in [0.05, 0.1) is 24.3 Å². The monoisotopic (exact) mass is 315 g/mol. The molecule has 0 bridgehead atoms. The van der Waals surface area contributed by atoms with Crippen molar-refractivity contribution in [3.8, 4) is 11.6 Å². The van der Waals surface area contributed by atoms with Crippen LogP contribution in [0.2, 0.25) is 0 Å². The first kappa shape index (κ1) is 16.9. The van der Waals surface area contributed by atoms with Crippen molar-refractivity contribution in [2.24, 2.45) is 0 Å². The zero-order valence-electron chi connectivity index (χ0n) is 10.6. The molecular weight excluding hydrogens is 305 g/mol. The Kier molecular flexibility index (Phi) is 5.28. The van der Waals surface area contributed by atoms with Crippen LogP contribution < -0.4 is 4.74 Å². The highest BCUT2D eigenvalue weighted by atomic mass is 19.4. The molecule has 0 atom stereocenters. The Hall–Kier alpha value is -2.13. The Bertz CT molecular complexity index is 518. The van der Waals surface area contributed by atoms with E-state index in [4.69, 9.17) is 0 Å². The second-order valence-electron chi connectivity index (χ2n) is 3.69. The Balaban J connectivity index is 3.17. The van der Waals surface area contributed by atoms with Gasteiger partial charge in [-0.25, -0.2) is 13.8 Å². The van der Waals surface area contributed by atoms with Gasteiger partial charge in [0.15, 0.2) is 5.75 Å². The van der Waals surface area contributed by atoms with E-state index in [1.165, 1.54) is 6.92 Å². The minimum atomic E-state index is -5.23. The van der Waals surface area contributed by atoms with Crippen molar-refractivity contribution in [1.29, 1.82) is 0 Å². The van der Waals surface area contributed by atoms with Crippen LogP contribution >= 0.6 is 0 Å². The topological polar surface area (TPSA) is 68.7 Å². The molecule has 0 aliphatic rings. The van der Waals surface area contributed by atoms with Crippen LogP contribution in [0.1, 0.15) is 24.6 Å². The molecule has 1 heterocycles. The van der Waals surface area contributed by atoms with Gasteiger partial charge in [-0.15, -0.1) is 13.2 Å². The maximum atomic E-state index is 12.7. The lowest BCUT2D eigenvalue weighted by atomic mass is 10.1. The number of carbonyl (C=O) groups excluding carboxylic acids is 1. The molecule has 0 aliphatic heterocycles. The maximum Gasteiger partial charge on any atom is 0.574 e. The average Bonchev–Trinajstić information content (AvgIpc) is 2.31. The highest BCUT2D eigenvalue weighted by Gasteiger charge is 2.34. The van der Waals surface area contributed by atoms with E-state index in [-0.39, 0.29) is 6.61 Å². The molecule has 5 nitrogen and oxygen atoms in total. The predicted molar refractivity (Wildman–Crippen MR) is 57.9 cm³/mol. The van der Waals surface area contributed by atoms with Gasteiger partial charge in [0.2, 0.25) is 0 Å². The number of aromatic nitrogens is 1. The number of pyridine rings is 1. The largest absolute Gasteiger partial charge is 0.574 e. The number of rotatable bonds is 5. The third kappa shape index (κ3) is 5.04. The Morgan fingerprint density at radius 3 is 2.52 bits per heavy atom. The molecule has 0 radical (unpaired) electrons. The lowest BCUT2D eigenvalue weighted by molar-refractivity contribution is -0.276. The zero-order valence-corrected chi connectivity index (χ0v) is 10.6. The summed E-state index contributed by atoms with van der Waals surface area (Å²) in [6, 6.07) is 0.611. The van der Waals surface area contributed by atoms with Gasteiger partial charge in [-0.1, -0.05) is 0 Å². The van der Waals surface area contributed by atoms with Crippen LogP contribution in [0.5, 0.6) is 11.6 Å². The molecule has 21 heavy (non-hydrogen) atoms. The Morgan fingerprint density at radius 1 is 1.43 bits per heavy atom. The fraction of sp³-hybridized carbons (Fsp3) is 0.455. The van der Waals surface area contributed by atoms with Gasteiger partial charge in [-0.2, -0.15) is 0 Å². The molecule has 1 N–H and O–H groups in total. The van der Waals surface area contributed by atoms with Crippen molar-refractivity contribution in [1.82, 2.24) is 4.98 Å². The molecule has 0 saturated heterocycles. The third-order valence-corrected chi connectivity index (χ3v) is 2.12. The fourth-order valence-electron chi connectivity index (χ4n) is 1.38. The van der Waals surface area contributed by atoms with Gasteiger partial charge in [0.25, 0.3) is 12.3 Å². The van der Waals surface area contributed by atoms with E-state index in [9.17, 15) is 31.9 Å². The van der Waals surface area contributed by atoms with Crippen molar-refractivity contribution >= 4 is 5.97 Å². The Morgan fingerprint density at radius 2 is 2.05 bits per heavy atom. The van der Waals surface area contributed by atoms with Gasteiger partial charge >= 0.3 is 12.3 Å². The summed E-state index contributed by atoms with van der Waals surface area (Å²) in [5.41, 5.74) is -1.57. The van der Waals surface area contributed by atoms with E-state index in [1.54, 1.807) is 0 Å². The molecule has 0 fully saturated rings. The molecule has 1 rings (SSSR count). The van der Waals surface area contributed by atoms with Gasteiger partial charge in [0.1, 0.15) is 0 Å². The summed E-state index contributed by atoms with van der Waals surface area (Å²) < 4.78 is 69.6. The van der Waals surface area contributed by atoms with Crippen molar-refractivity contribution in [3.05, 3.63) is 17.3 Å². The molecule has 118 valence electrons. The fourth-order valence-corrected chi connectivity index (χ4v) is 1.38. The summed E-state index contributed by atoms with van der Waals surface area (Å²) in [5, 5.41) is 9.30. The van der Waals surface area contributed by atoms with Crippen molar-refractivity contribution in [2.45, 2.75) is 26.1 Å². The van der Waals surface area contributed by atoms with E-state index in [0.717, 1.165) is 0 Å². The number of esters is 1. The van der Waals surface area contributed by atoms with Crippen LogP contribution in [0.4, 0.5) is 22.0 Å². The molecule has 0 saturated carbocycles. The van der Waals surface area contributed by atoms with Crippen LogP contribution in [0, 0.1) is 0 Å². The lowest BCUT2D eigenvalue weighted by Crippen LogP contribution is -2.19. The smallest absolute Gasteiger partial charge is 0.503 e. The molecule has 0 aliphatic carbocycles. The SMILES string of the molecule is CCOC(=O)Cc1cc(C(F)F)c(O)c(OC(F)(F)F)n1. The van der Waals surface area contributed by atoms with Gasteiger partial charge < -0.3 is 14.6 Å². The van der Waals surface area contributed by atoms with E-state index in [0.29, 0.717) is 6.07 Å². The Labute approximate surface area is 115 Å². The molecule has 0 aromatic carbocycles. The molecular formula is C11H10F5NO4. The van der Waals surface area contributed by atoms with Gasteiger partial charge in [-0.05, 0) is 13.0 Å². The number of halogens is 5. The first-order chi connectivity index (χ1) is 9.64. The first-order valence-corrected chi connectivity index (χ1v) is 5.56. The number of carbonyl (C=O) groups is 1. The van der Waals surface area contributed by atoms with Gasteiger partial charge in [-0.3, -0.25) is 4.79 Å². The molecule has 1 aromatic heterocycles. The standard InChI is InChI=1S/C11H10F5NO4/c1-2-20-7(18)4-5-3-6(9(12)13)8(19)10(17-5)21-11(14,15)16/h3,9,19H,2,4H2,1H3. The second-order valence-corrected chi connectivity index (χ2v) is 3.69. The molecule has 0 amide bonds. The van der Waals surface area contributed by atoms with Crippen LogP contribution in [0.25, 0.3) is 0 Å². The third-order valence-electron chi connectivity index (χ3n) is 2.12. The quantitative estimate of drug-likeness (QED) is 0.668. The summed E-state index contributed by atoms with van der Waals surface area (Å²) in [5.74, 6) is -3.75. The van der Waals surface area contributed by atoms with Crippen LogP contribution in [0.3, 0.4) is 0 Å². The number of hydrogen-bond donors (Lipinski definition) is 1. The summed E-state index contributed by atoms with van der Waals surface area (Å²) in [4.78, 5) is 14.4. The van der Waals surface area contributed by atoms with Crippen LogP contribution in [-0.2, 0) is 16.0 Å². The first-order valence-electron chi connectivity index (χ1n) is 5.56. The zero-order chi connectivity index (χ0) is 16.2. The summed E-state index contributed by atoms with van der Waals surface area (Å²) in [6.07, 6.45) is -9.14. The highest BCUT2D eigenvalue weighted by Crippen LogP contribution is 2.37. The van der Waals surface area contributed by atoms with E-state index in [2.05, 4.69) is 14.5 Å². The number of alkyl halides is 5. The summed E-state index contributed by atoms with van der Waals surface area (Å²) in [7, 11) is 0. The van der Waals surface area contributed by atoms with E-state index in [1.807, 2.05) is 0 Å². The minimum absolute atomic E-state index is 0.00449. The van der Waals surface area contributed by atoms with Crippen LogP contribution in [0.15, 0.2) is 6.07 Å². The molecule has 0 unspecified atom stereocenters. The normalized spacial score (nSPS) is 11.6. The maximum absolute atomic E-state index is 12.7.